The fourth-order valence-electron chi connectivity index (χ4n) is 4.80. The molecule has 0 saturated carbocycles. The predicted octanol–water partition coefficient (Wildman–Crippen LogP) is 3.37. The molecule has 0 spiro atoms. The number of amides is 1. The summed E-state index contributed by atoms with van der Waals surface area (Å²) in [6.45, 7) is 15.2. The normalized spacial score (nSPS) is 14.3. The van der Waals surface area contributed by atoms with Gasteiger partial charge in [-0.25, -0.2) is 0 Å². The number of aromatic nitrogens is 3. The molecule has 10 heteroatoms. The second-order valence-corrected chi connectivity index (χ2v) is 10.1. The highest BCUT2D eigenvalue weighted by Crippen LogP contribution is 2.38. The highest BCUT2D eigenvalue weighted by Gasteiger charge is 2.24. The molecule has 1 aliphatic heterocycles. The predicted molar refractivity (Wildman–Crippen MR) is 150 cm³/mol. The van der Waals surface area contributed by atoms with Gasteiger partial charge in [0.2, 0.25) is 5.82 Å². The van der Waals surface area contributed by atoms with E-state index in [1.54, 1.807) is 10.6 Å². The maximum Gasteiger partial charge on any atom is 0.289 e. The Morgan fingerprint density at radius 2 is 1.74 bits per heavy atom. The van der Waals surface area contributed by atoms with Crippen LogP contribution in [0.3, 0.4) is 0 Å². The fourth-order valence-corrected chi connectivity index (χ4v) is 4.80. The van der Waals surface area contributed by atoms with Gasteiger partial charge in [-0.05, 0) is 48.3 Å². The van der Waals surface area contributed by atoms with E-state index in [1.807, 2.05) is 38.1 Å². The van der Waals surface area contributed by atoms with Crippen molar-refractivity contribution in [2.24, 2.45) is 0 Å². The maximum atomic E-state index is 13.3. The van der Waals surface area contributed by atoms with Crippen molar-refractivity contribution < 1.29 is 19.7 Å². The number of carbonyl (C=O) groups is 1. The minimum atomic E-state index is -0.347. The van der Waals surface area contributed by atoms with Gasteiger partial charge >= 0.3 is 0 Å². The van der Waals surface area contributed by atoms with Crippen molar-refractivity contribution in [2.75, 3.05) is 52.5 Å². The number of nitrogens with one attached hydrogen (secondary N) is 1. The maximum absolute atomic E-state index is 13.3. The summed E-state index contributed by atoms with van der Waals surface area (Å²) in [5.74, 6) is -0.000844. The molecular formula is C29H40N6O4. The van der Waals surface area contributed by atoms with Gasteiger partial charge in [0, 0.05) is 44.5 Å². The van der Waals surface area contributed by atoms with Crippen LogP contribution >= 0.6 is 0 Å². The summed E-state index contributed by atoms with van der Waals surface area (Å²) in [6, 6.07) is 11.0. The molecule has 0 bridgehead atoms. The summed E-state index contributed by atoms with van der Waals surface area (Å²) in [6.07, 6.45) is 0. The Balaban J connectivity index is 1.69. The number of phenolic OH excluding ortho intramolecular Hbond substituents is 2. The van der Waals surface area contributed by atoms with Gasteiger partial charge < -0.3 is 25.2 Å². The van der Waals surface area contributed by atoms with Crippen molar-refractivity contribution in [2.45, 2.75) is 40.2 Å². The number of phenols is 2. The van der Waals surface area contributed by atoms with Gasteiger partial charge in [-0.3, -0.25) is 14.3 Å². The number of hydrogen-bond acceptors (Lipinski definition) is 8. The molecule has 1 fully saturated rings. The van der Waals surface area contributed by atoms with Gasteiger partial charge in [0.1, 0.15) is 11.5 Å². The van der Waals surface area contributed by atoms with E-state index < -0.39 is 0 Å². The molecule has 4 rings (SSSR count). The number of rotatable bonds is 11. The largest absolute Gasteiger partial charge is 0.508 e. The molecule has 10 nitrogen and oxygen atoms in total. The minimum Gasteiger partial charge on any atom is -0.508 e. The van der Waals surface area contributed by atoms with Crippen molar-refractivity contribution in [3.63, 3.8) is 0 Å². The summed E-state index contributed by atoms with van der Waals surface area (Å²) < 4.78 is 7.12. The van der Waals surface area contributed by atoms with Crippen LogP contribution in [0.15, 0.2) is 36.4 Å². The average molecular weight is 537 g/mol. The topological polar surface area (TPSA) is 116 Å². The van der Waals surface area contributed by atoms with Crippen molar-refractivity contribution in [3.05, 3.63) is 53.3 Å². The Bertz CT molecular complexity index is 1250. The van der Waals surface area contributed by atoms with E-state index in [1.165, 1.54) is 6.07 Å². The van der Waals surface area contributed by atoms with Gasteiger partial charge in [-0.15, -0.1) is 10.2 Å². The van der Waals surface area contributed by atoms with E-state index >= 15 is 0 Å². The highest BCUT2D eigenvalue weighted by molar-refractivity contribution is 5.92. The summed E-state index contributed by atoms with van der Waals surface area (Å²) in [5.41, 5.74) is 2.91. The Kier molecular flexibility index (Phi) is 9.55. The number of benzene rings is 2. The van der Waals surface area contributed by atoms with Crippen molar-refractivity contribution >= 4 is 5.91 Å². The highest BCUT2D eigenvalue weighted by atomic mass is 16.5. The van der Waals surface area contributed by atoms with Crippen LogP contribution in [0.5, 0.6) is 11.5 Å². The van der Waals surface area contributed by atoms with Crippen LogP contribution in [0.1, 0.15) is 55.4 Å². The summed E-state index contributed by atoms with van der Waals surface area (Å²) >= 11 is 0. The Hall–Kier alpha value is -3.47. The van der Waals surface area contributed by atoms with Gasteiger partial charge in [-0.1, -0.05) is 39.8 Å². The zero-order valence-corrected chi connectivity index (χ0v) is 23.4. The lowest BCUT2D eigenvalue weighted by molar-refractivity contribution is 0.0342. The zero-order chi connectivity index (χ0) is 27.9. The van der Waals surface area contributed by atoms with Gasteiger partial charge in [-0.2, -0.15) is 0 Å². The van der Waals surface area contributed by atoms with E-state index in [9.17, 15) is 15.0 Å². The van der Waals surface area contributed by atoms with Crippen LogP contribution in [0.25, 0.3) is 17.1 Å². The summed E-state index contributed by atoms with van der Waals surface area (Å²) in [4.78, 5) is 17.9. The molecule has 2 heterocycles. The number of hydrogen-bond donors (Lipinski definition) is 3. The summed E-state index contributed by atoms with van der Waals surface area (Å²) in [5, 5.41) is 32.7. The summed E-state index contributed by atoms with van der Waals surface area (Å²) in [7, 11) is 0. The molecule has 0 unspecified atom stereocenters. The smallest absolute Gasteiger partial charge is 0.289 e. The quantitative estimate of drug-likeness (QED) is 0.342. The Labute approximate surface area is 230 Å². The third-order valence-corrected chi connectivity index (χ3v) is 7.19. The molecule has 3 N–H and O–H groups in total. The molecular weight excluding hydrogens is 496 g/mol. The van der Waals surface area contributed by atoms with E-state index in [-0.39, 0.29) is 29.1 Å². The molecule has 39 heavy (non-hydrogen) atoms. The number of likely N-dealkylation sites (N-methyl/N-ethyl adjacent to an activating group) is 1. The van der Waals surface area contributed by atoms with Crippen molar-refractivity contribution in [1.29, 1.82) is 0 Å². The molecule has 0 radical (unpaired) electrons. The third kappa shape index (κ3) is 6.76. The molecule has 1 aromatic heterocycles. The first-order valence-electron chi connectivity index (χ1n) is 13.7. The van der Waals surface area contributed by atoms with Crippen LogP contribution in [0, 0.1) is 0 Å². The van der Waals surface area contributed by atoms with Crippen LogP contribution in [-0.4, -0.2) is 93.2 Å². The van der Waals surface area contributed by atoms with Gasteiger partial charge in [0.05, 0.1) is 18.8 Å². The number of carbonyl (C=O) groups excluding carboxylic acids is 1. The molecule has 210 valence electrons. The van der Waals surface area contributed by atoms with Crippen molar-refractivity contribution in [3.8, 4) is 28.6 Å². The number of nitrogens with zero attached hydrogens (tertiary/aromatic N) is 5. The lowest BCUT2D eigenvalue weighted by Crippen LogP contribution is -2.35. The number of aromatic hydroxyl groups is 2. The van der Waals surface area contributed by atoms with Crippen LogP contribution < -0.4 is 5.32 Å². The van der Waals surface area contributed by atoms with E-state index in [0.29, 0.717) is 29.2 Å². The molecule has 0 atom stereocenters. The molecule has 1 saturated heterocycles. The van der Waals surface area contributed by atoms with Crippen molar-refractivity contribution in [1.82, 2.24) is 29.9 Å². The molecule has 1 aliphatic rings. The minimum absolute atomic E-state index is 0.0131. The SMILES string of the molecule is CCN(CC)CCNC(=O)c1nnc(-c2cc(C(C)C)c(O)cc2O)n1-c1ccc(CN2CCOCC2)cc1. The molecule has 3 aromatic rings. The number of morpholine rings is 1. The first-order chi connectivity index (χ1) is 18.8. The average Bonchev–Trinajstić information content (AvgIpc) is 3.37. The number of ether oxygens (including phenoxy) is 1. The zero-order valence-electron chi connectivity index (χ0n) is 23.4. The lowest BCUT2D eigenvalue weighted by atomic mass is 9.98. The van der Waals surface area contributed by atoms with Gasteiger partial charge in [0.15, 0.2) is 5.82 Å². The van der Waals surface area contributed by atoms with E-state index in [0.717, 1.165) is 58.0 Å². The second-order valence-electron chi connectivity index (χ2n) is 10.1. The molecule has 0 aliphatic carbocycles. The van der Waals surface area contributed by atoms with Crippen LogP contribution in [0.2, 0.25) is 0 Å². The Morgan fingerprint density at radius 1 is 1.05 bits per heavy atom. The first-order valence-corrected chi connectivity index (χ1v) is 13.7. The second kappa shape index (κ2) is 13.1. The van der Waals surface area contributed by atoms with Crippen LogP contribution in [0.4, 0.5) is 0 Å². The van der Waals surface area contributed by atoms with E-state index in [2.05, 4.69) is 39.2 Å². The fraction of sp³-hybridized carbons (Fsp3) is 0.483. The lowest BCUT2D eigenvalue weighted by Gasteiger charge is -2.26. The first kappa shape index (κ1) is 28.5. The standard InChI is InChI=1S/C29H40N6O4/c1-5-33(6-2)12-11-30-29(38)28-32-31-27(24-17-23(20(3)4)25(36)18-26(24)37)35(28)22-9-7-21(8-10-22)19-34-13-15-39-16-14-34/h7-10,17-18,20,36-37H,5-6,11-16,19H2,1-4H3,(H,30,38). The monoisotopic (exact) mass is 536 g/mol. The molecule has 1 amide bonds. The van der Waals surface area contributed by atoms with E-state index in [4.69, 9.17) is 4.74 Å². The van der Waals surface area contributed by atoms with Gasteiger partial charge in [0.25, 0.3) is 5.91 Å². The molecule has 2 aromatic carbocycles. The third-order valence-electron chi connectivity index (χ3n) is 7.19. The van der Waals surface area contributed by atoms with Crippen LogP contribution in [-0.2, 0) is 11.3 Å². The Morgan fingerprint density at radius 3 is 2.38 bits per heavy atom.